The first-order valence-electron chi connectivity index (χ1n) is 5.30. The van der Waals surface area contributed by atoms with E-state index >= 15 is 0 Å². The summed E-state index contributed by atoms with van der Waals surface area (Å²) in [5.41, 5.74) is 6.32. The van der Waals surface area contributed by atoms with Gasteiger partial charge in [-0.2, -0.15) is 0 Å². The molecule has 1 amide bonds. The molecule has 0 aliphatic carbocycles. The molecule has 5 heteroatoms. The van der Waals surface area contributed by atoms with E-state index in [-0.39, 0.29) is 17.9 Å². The highest BCUT2D eigenvalue weighted by Gasteiger charge is 2.19. The van der Waals surface area contributed by atoms with Gasteiger partial charge in [-0.25, -0.2) is 0 Å². The van der Waals surface area contributed by atoms with Gasteiger partial charge in [-0.1, -0.05) is 19.9 Å². The molecule has 1 rings (SSSR count). The van der Waals surface area contributed by atoms with Crippen LogP contribution < -0.4 is 11.1 Å². The first-order valence-corrected chi connectivity index (χ1v) is 6.10. The maximum Gasteiger partial charge on any atom is 0.253 e. The standard InChI is InChI=1S/C12H17BrN2O2/c1-12(2,7-16)6-15-11(17)8-4-3-5-9(13)10(8)14/h3-5,16H,6-7,14H2,1-2H3,(H,15,17). The Bertz CT molecular complexity index is 419. The fourth-order valence-corrected chi connectivity index (χ4v) is 1.57. The Morgan fingerprint density at radius 1 is 1.53 bits per heavy atom. The number of hydrogen-bond donors (Lipinski definition) is 3. The number of para-hydroxylation sites is 1. The Kier molecular flexibility index (Phi) is 4.54. The molecule has 0 unspecified atom stereocenters. The minimum Gasteiger partial charge on any atom is -0.397 e. The summed E-state index contributed by atoms with van der Waals surface area (Å²) in [5.74, 6) is -0.231. The predicted octanol–water partition coefficient (Wildman–Crippen LogP) is 1.78. The number of nitrogens with two attached hydrogens (primary N) is 1. The summed E-state index contributed by atoms with van der Waals surface area (Å²) in [6.07, 6.45) is 0. The van der Waals surface area contributed by atoms with Crippen molar-refractivity contribution in [1.82, 2.24) is 5.32 Å². The largest absolute Gasteiger partial charge is 0.397 e. The number of hydrogen-bond acceptors (Lipinski definition) is 3. The number of carbonyl (C=O) groups excluding carboxylic acids is 1. The molecular formula is C12H17BrN2O2. The number of aliphatic hydroxyl groups excluding tert-OH is 1. The summed E-state index contributed by atoms with van der Waals surface area (Å²) in [6, 6.07) is 5.21. The number of halogens is 1. The minimum atomic E-state index is -0.337. The number of nitrogen functional groups attached to an aromatic ring is 1. The van der Waals surface area contributed by atoms with Crippen LogP contribution in [0.3, 0.4) is 0 Å². The molecular weight excluding hydrogens is 284 g/mol. The number of rotatable bonds is 4. The first kappa shape index (κ1) is 14.0. The van der Waals surface area contributed by atoms with Crippen molar-refractivity contribution in [2.45, 2.75) is 13.8 Å². The van der Waals surface area contributed by atoms with Crippen LogP contribution >= 0.6 is 15.9 Å². The highest BCUT2D eigenvalue weighted by molar-refractivity contribution is 9.10. The molecule has 1 aromatic carbocycles. The maximum absolute atomic E-state index is 11.9. The van der Waals surface area contributed by atoms with E-state index in [1.807, 2.05) is 13.8 Å². The Morgan fingerprint density at radius 2 is 2.18 bits per heavy atom. The van der Waals surface area contributed by atoms with Gasteiger partial charge in [-0.05, 0) is 28.1 Å². The van der Waals surface area contributed by atoms with Gasteiger partial charge in [-0.3, -0.25) is 4.79 Å². The highest BCUT2D eigenvalue weighted by atomic mass is 79.9. The average molecular weight is 301 g/mol. The zero-order valence-electron chi connectivity index (χ0n) is 9.96. The number of nitrogens with one attached hydrogen (secondary N) is 1. The average Bonchev–Trinajstić information content (AvgIpc) is 2.30. The fourth-order valence-electron chi connectivity index (χ4n) is 1.21. The molecule has 0 heterocycles. The summed E-state index contributed by atoms with van der Waals surface area (Å²) in [7, 11) is 0. The number of carbonyl (C=O) groups is 1. The zero-order valence-corrected chi connectivity index (χ0v) is 11.5. The number of benzene rings is 1. The van der Waals surface area contributed by atoms with Gasteiger partial charge >= 0.3 is 0 Å². The molecule has 0 atom stereocenters. The molecule has 0 spiro atoms. The van der Waals surface area contributed by atoms with E-state index in [1.54, 1.807) is 18.2 Å². The normalized spacial score (nSPS) is 11.3. The van der Waals surface area contributed by atoms with Crippen molar-refractivity contribution in [2.75, 3.05) is 18.9 Å². The van der Waals surface area contributed by atoms with Gasteiger partial charge in [0.1, 0.15) is 0 Å². The second-order valence-electron chi connectivity index (χ2n) is 4.71. The Hall–Kier alpha value is -1.07. The summed E-state index contributed by atoms with van der Waals surface area (Å²) in [5, 5.41) is 11.9. The van der Waals surface area contributed by atoms with Crippen molar-refractivity contribution in [2.24, 2.45) is 5.41 Å². The van der Waals surface area contributed by atoms with Crippen LogP contribution in [0.1, 0.15) is 24.2 Å². The fraction of sp³-hybridized carbons (Fsp3) is 0.417. The van der Waals surface area contributed by atoms with Gasteiger partial charge in [0.25, 0.3) is 5.91 Å². The van der Waals surface area contributed by atoms with Gasteiger partial charge < -0.3 is 16.2 Å². The molecule has 0 aliphatic rings. The summed E-state index contributed by atoms with van der Waals surface area (Å²) >= 11 is 3.27. The monoisotopic (exact) mass is 300 g/mol. The van der Waals surface area contributed by atoms with Gasteiger partial charge in [0, 0.05) is 23.0 Å². The molecule has 1 aromatic rings. The van der Waals surface area contributed by atoms with Crippen LogP contribution in [0.4, 0.5) is 5.69 Å². The molecule has 4 nitrogen and oxygen atoms in total. The van der Waals surface area contributed by atoms with Crippen LogP contribution in [0.15, 0.2) is 22.7 Å². The predicted molar refractivity (Wildman–Crippen MR) is 71.8 cm³/mol. The Balaban J connectivity index is 2.74. The van der Waals surface area contributed by atoms with Gasteiger partial charge in [0.15, 0.2) is 0 Å². The third kappa shape index (κ3) is 3.71. The van der Waals surface area contributed by atoms with E-state index in [9.17, 15) is 4.79 Å². The van der Waals surface area contributed by atoms with E-state index in [4.69, 9.17) is 10.8 Å². The molecule has 17 heavy (non-hydrogen) atoms. The van der Waals surface area contributed by atoms with Crippen LogP contribution in [0.5, 0.6) is 0 Å². The van der Waals surface area contributed by atoms with Crippen molar-refractivity contribution in [1.29, 1.82) is 0 Å². The molecule has 0 saturated carbocycles. The Morgan fingerprint density at radius 3 is 2.76 bits per heavy atom. The van der Waals surface area contributed by atoms with Crippen molar-refractivity contribution < 1.29 is 9.90 Å². The van der Waals surface area contributed by atoms with Crippen LogP contribution in [0.2, 0.25) is 0 Å². The van der Waals surface area contributed by atoms with Gasteiger partial charge in [-0.15, -0.1) is 0 Å². The van der Waals surface area contributed by atoms with E-state index < -0.39 is 0 Å². The second kappa shape index (κ2) is 5.51. The van der Waals surface area contributed by atoms with Crippen LogP contribution in [-0.4, -0.2) is 24.2 Å². The molecule has 0 saturated heterocycles. The van der Waals surface area contributed by atoms with E-state index in [0.717, 1.165) is 0 Å². The number of aliphatic hydroxyl groups is 1. The van der Waals surface area contributed by atoms with Crippen molar-refractivity contribution >= 4 is 27.5 Å². The lowest BCUT2D eigenvalue weighted by molar-refractivity contribution is 0.0912. The summed E-state index contributed by atoms with van der Waals surface area (Å²) < 4.78 is 0.701. The summed E-state index contributed by atoms with van der Waals surface area (Å²) in [4.78, 5) is 11.9. The van der Waals surface area contributed by atoms with Crippen LogP contribution in [0, 0.1) is 5.41 Å². The maximum atomic E-state index is 11.9. The first-order chi connectivity index (χ1) is 7.87. The third-order valence-corrected chi connectivity index (χ3v) is 3.14. The third-order valence-electron chi connectivity index (χ3n) is 2.45. The van der Waals surface area contributed by atoms with Crippen molar-refractivity contribution in [3.8, 4) is 0 Å². The lowest BCUT2D eigenvalue weighted by Gasteiger charge is -2.22. The van der Waals surface area contributed by atoms with E-state index in [1.165, 1.54) is 0 Å². The second-order valence-corrected chi connectivity index (χ2v) is 5.56. The van der Waals surface area contributed by atoms with Gasteiger partial charge in [0.05, 0.1) is 11.3 Å². The van der Waals surface area contributed by atoms with E-state index in [0.29, 0.717) is 22.3 Å². The number of anilines is 1. The molecule has 0 fully saturated rings. The molecule has 0 radical (unpaired) electrons. The van der Waals surface area contributed by atoms with Crippen molar-refractivity contribution in [3.05, 3.63) is 28.2 Å². The van der Waals surface area contributed by atoms with Crippen LogP contribution in [-0.2, 0) is 0 Å². The highest BCUT2D eigenvalue weighted by Crippen LogP contribution is 2.23. The molecule has 94 valence electrons. The quantitative estimate of drug-likeness (QED) is 0.742. The molecule has 0 aliphatic heterocycles. The zero-order chi connectivity index (χ0) is 13.1. The van der Waals surface area contributed by atoms with E-state index in [2.05, 4.69) is 21.2 Å². The SMILES string of the molecule is CC(C)(CO)CNC(=O)c1cccc(Br)c1N. The van der Waals surface area contributed by atoms with Gasteiger partial charge in [0.2, 0.25) is 0 Å². The molecule has 0 aromatic heterocycles. The smallest absolute Gasteiger partial charge is 0.253 e. The molecule has 0 bridgehead atoms. The Labute approximate surface area is 109 Å². The lowest BCUT2D eigenvalue weighted by Crippen LogP contribution is -2.36. The van der Waals surface area contributed by atoms with Crippen LogP contribution in [0.25, 0.3) is 0 Å². The summed E-state index contributed by atoms with van der Waals surface area (Å²) in [6.45, 7) is 4.16. The molecule has 4 N–H and O–H groups in total. The topological polar surface area (TPSA) is 75.3 Å². The van der Waals surface area contributed by atoms with Crippen molar-refractivity contribution in [3.63, 3.8) is 0 Å². The lowest BCUT2D eigenvalue weighted by atomic mass is 9.95. The number of amides is 1. The minimum absolute atomic E-state index is 0.0151.